The molecule has 0 saturated carbocycles. The molecule has 3 heterocycles. The highest BCUT2D eigenvalue weighted by Gasteiger charge is 2.43. The van der Waals surface area contributed by atoms with E-state index in [1.54, 1.807) is 5.57 Å². The second-order valence-corrected chi connectivity index (χ2v) is 6.49. The van der Waals surface area contributed by atoms with Gasteiger partial charge in [0.15, 0.2) is 0 Å². The molecule has 4 aliphatic rings. The van der Waals surface area contributed by atoms with Crippen LogP contribution >= 0.6 is 0 Å². The van der Waals surface area contributed by atoms with Crippen LogP contribution in [0.3, 0.4) is 0 Å². The highest BCUT2D eigenvalue weighted by atomic mass is 15.2. The van der Waals surface area contributed by atoms with Gasteiger partial charge in [0.05, 0.1) is 0 Å². The average Bonchev–Trinajstić information content (AvgIpc) is 2.39. The molecule has 0 radical (unpaired) electrons. The average molecular weight is 232 g/mol. The molecule has 2 nitrogen and oxygen atoms in total. The Kier molecular flexibility index (Phi) is 2.55. The van der Waals surface area contributed by atoms with Crippen LogP contribution in [-0.4, -0.2) is 36.6 Å². The SMILES string of the molecule is C1=C2CCCN[C@@H]2[C@H]2C[C@H]1[C@H]1CCCCN1C2. The van der Waals surface area contributed by atoms with Crippen LogP contribution in [0.1, 0.15) is 38.5 Å². The van der Waals surface area contributed by atoms with E-state index in [1.807, 2.05) is 0 Å². The number of fused-ring (bicyclic) bond motifs is 6. The number of hydrogen-bond acceptors (Lipinski definition) is 2. The van der Waals surface area contributed by atoms with Crippen molar-refractivity contribution in [2.75, 3.05) is 19.6 Å². The second-order valence-electron chi connectivity index (χ2n) is 6.49. The van der Waals surface area contributed by atoms with Gasteiger partial charge in [0.1, 0.15) is 0 Å². The molecule has 2 bridgehead atoms. The summed E-state index contributed by atoms with van der Waals surface area (Å²) in [5.41, 5.74) is 1.77. The predicted molar refractivity (Wildman–Crippen MR) is 69.9 cm³/mol. The maximum Gasteiger partial charge on any atom is 0.0320 e. The molecular formula is C15H24N2. The van der Waals surface area contributed by atoms with Gasteiger partial charge in [0.2, 0.25) is 0 Å². The Morgan fingerprint density at radius 3 is 3.24 bits per heavy atom. The third-order valence-corrected chi connectivity index (χ3v) is 5.51. The van der Waals surface area contributed by atoms with Crippen LogP contribution in [0.4, 0.5) is 0 Å². The second kappa shape index (κ2) is 4.10. The van der Waals surface area contributed by atoms with E-state index in [0.29, 0.717) is 0 Å². The summed E-state index contributed by atoms with van der Waals surface area (Å²) >= 11 is 0. The normalized spacial score (nSPS) is 45.8. The molecule has 3 aliphatic heterocycles. The van der Waals surface area contributed by atoms with Crippen molar-refractivity contribution in [2.45, 2.75) is 50.6 Å². The van der Waals surface area contributed by atoms with Crippen LogP contribution < -0.4 is 5.32 Å². The molecule has 4 atom stereocenters. The van der Waals surface area contributed by atoms with Crippen LogP contribution in [0, 0.1) is 11.8 Å². The fourth-order valence-electron chi connectivity index (χ4n) is 4.80. The third-order valence-electron chi connectivity index (χ3n) is 5.51. The molecule has 94 valence electrons. The first-order chi connectivity index (χ1) is 8.42. The lowest BCUT2D eigenvalue weighted by atomic mass is 9.68. The Hall–Kier alpha value is -0.340. The molecule has 0 amide bonds. The first-order valence-electron chi connectivity index (χ1n) is 7.60. The minimum absolute atomic E-state index is 0.739. The molecule has 4 rings (SSSR count). The summed E-state index contributed by atoms with van der Waals surface area (Å²) in [5, 5.41) is 3.78. The highest BCUT2D eigenvalue weighted by Crippen LogP contribution is 2.42. The lowest BCUT2D eigenvalue weighted by Gasteiger charge is -2.52. The van der Waals surface area contributed by atoms with Crippen LogP contribution in [0.15, 0.2) is 11.6 Å². The van der Waals surface area contributed by atoms with Gasteiger partial charge in [-0.05, 0) is 57.0 Å². The van der Waals surface area contributed by atoms with Gasteiger partial charge in [0, 0.05) is 18.6 Å². The van der Waals surface area contributed by atoms with Crippen LogP contribution in [-0.2, 0) is 0 Å². The molecule has 0 aromatic heterocycles. The van der Waals surface area contributed by atoms with Gasteiger partial charge in [-0.3, -0.25) is 4.90 Å². The van der Waals surface area contributed by atoms with E-state index in [9.17, 15) is 0 Å². The first kappa shape index (κ1) is 10.6. The maximum absolute atomic E-state index is 3.78. The molecule has 17 heavy (non-hydrogen) atoms. The third kappa shape index (κ3) is 1.68. The van der Waals surface area contributed by atoms with Crippen LogP contribution in [0.5, 0.6) is 0 Å². The molecule has 0 spiro atoms. The largest absolute Gasteiger partial charge is 0.310 e. The monoisotopic (exact) mass is 232 g/mol. The van der Waals surface area contributed by atoms with Gasteiger partial charge in [-0.2, -0.15) is 0 Å². The lowest BCUT2D eigenvalue weighted by molar-refractivity contribution is 0.0271. The molecule has 0 aromatic rings. The molecule has 1 N–H and O–H groups in total. The smallest absolute Gasteiger partial charge is 0.0320 e. The van der Waals surface area contributed by atoms with Crippen molar-refractivity contribution in [3.8, 4) is 0 Å². The first-order valence-corrected chi connectivity index (χ1v) is 7.60. The Morgan fingerprint density at radius 1 is 1.24 bits per heavy atom. The van der Waals surface area contributed by atoms with E-state index in [0.717, 1.165) is 23.9 Å². The topological polar surface area (TPSA) is 15.3 Å². The molecule has 0 aromatic carbocycles. The van der Waals surface area contributed by atoms with E-state index < -0.39 is 0 Å². The predicted octanol–water partition coefficient (Wildman–Crippen LogP) is 2.17. The fourth-order valence-corrected chi connectivity index (χ4v) is 4.80. The van der Waals surface area contributed by atoms with Crippen LogP contribution in [0.25, 0.3) is 0 Å². The Labute approximate surface area is 104 Å². The van der Waals surface area contributed by atoms with E-state index in [-0.39, 0.29) is 0 Å². The van der Waals surface area contributed by atoms with E-state index in [4.69, 9.17) is 0 Å². The standard InChI is InChI=1S/C15H24N2/c1-2-7-17-10-13-9-12(14(17)5-1)8-11-4-3-6-16-15(11)13/h8,12-16H,1-7,9-10H2/t12-,13-,14+,15-/m0/s1. The Balaban J connectivity index is 1.64. The van der Waals surface area contributed by atoms with Crippen molar-refractivity contribution in [1.82, 2.24) is 10.2 Å². The zero-order valence-corrected chi connectivity index (χ0v) is 10.7. The van der Waals surface area contributed by atoms with Gasteiger partial charge in [-0.25, -0.2) is 0 Å². The molecule has 1 aliphatic carbocycles. The summed E-state index contributed by atoms with van der Waals surface area (Å²) in [7, 11) is 0. The van der Waals surface area contributed by atoms with Gasteiger partial charge in [0.25, 0.3) is 0 Å². The number of rotatable bonds is 0. The number of nitrogens with one attached hydrogen (secondary N) is 1. The minimum atomic E-state index is 0.739. The number of nitrogens with zero attached hydrogens (tertiary/aromatic N) is 1. The number of piperidine rings is 3. The molecule has 0 unspecified atom stereocenters. The summed E-state index contributed by atoms with van der Waals surface area (Å²) in [4.78, 5) is 2.81. The summed E-state index contributed by atoms with van der Waals surface area (Å²) in [5.74, 6) is 1.80. The molecular weight excluding hydrogens is 208 g/mol. The van der Waals surface area contributed by atoms with E-state index in [1.165, 1.54) is 58.2 Å². The van der Waals surface area contributed by atoms with Crippen molar-refractivity contribution in [1.29, 1.82) is 0 Å². The van der Waals surface area contributed by atoms with Crippen LogP contribution in [0.2, 0.25) is 0 Å². The van der Waals surface area contributed by atoms with Gasteiger partial charge in [-0.1, -0.05) is 18.1 Å². The number of hydrogen-bond donors (Lipinski definition) is 1. The van der Waals surface area contributed by atoms with Gasteiger partial charge >= 0.3 is 0 Å². The minimum Gasteiger partial charge on any atom is -0.310 e. The maximum atomic E-state index is 3.78. The zero-order chi connectivity index (χ0) is 11.2. The highest BCUT2D eigenvalue weighted by molar-refractivity contribution is 5.23. The quantitative estimate of drug-likeness (QED) is 0.644. The Morgan fingerprint density at radius 2 is 2.24 bits per heavy atom. The summed E-state index contributed by atoms with van der Waals surface area (Å²) in [6, 6.07) is 1.64. The van der Waals surface area contributed by atoms with Gasteiger partial charge in [-0.15, -0.1) is 0 Å². The molecule has 3 saturated heterocycles. The van der Waals surface area contributed by atoms with Crippen molar-refractivity contribution >= 4 is 0 Å². The lowest BCUT2D eigenvalue weighted by Crippen LogP contribution is -2.58. The fraction of sp³-hybridized carbons (Fsp3) is 0.867. The van der Waals surface area contributed by atoms with Crippen molar-refractivity contribution < 1.29 is 0 Å². The Bertz CT molecular complexity index is 336. The van der Waals surface area contributed by atoms with Gasteiger partial charge < -0.3 is 5.32 Å². The van der Waals surface area contributed by atoms with Crippen molar-refractivity contribution in [3.05, 3.63) is 11.6 Å². The summed E-state index contributed by atoms with van der Waals surface area (Å²) in [6.45, 7) is 3.98. The molecule has 3 fully saturated rings. The van der Waals surface area contributed by atoms with E-state index >= 15 is 0 Å². The summed E-state index contributed by atoms with van der Waals surface area (Å²) in [6.07, 6.45) is 11.2. The zero-order valence-electron chi connectivity index (χ0n) is 10.7. The van der Waals surface area contributed by atoms with E-state index in [2.05, 4.69) is 16.3 Å². The van der Waals surface area contributed by atoms with Crippen molar-refractivity contribution in [2.24, 2.45) is 11.8 Å². The summed E-state index contributed by atoms with van der Waals surface area (Å²) < 4.78 is 0. The molecule has 2 heteroatoms. The van der Waals surface area contributed by atoms with Crippen molar-refractivity contribution in [3.63, 3.8) is 0 Å².